The lowest BCUT2D eigenvalue weighted by atomic mass is 9.79. The van der Waals surface area contributed by atoms with Crippen molar-refractivity contribution in [2.75, 3.05) is 0 Å². The number of aryl methyl sites for hydroxylation is 3. The van der Waals surface area contributed by atoms with E-state index in [1.54, 1.807) is 11.1 Å². The highest BCUT2D eigenvalue weighted by Crippen LogP contribution is 2.35. The monoisotopic (exact) mass is 200 g/mol. The molecule has 0 nitrogen and oxygen atoms in total. The van der Waals surface area contributed by atoms with Crippen molar-refractivity contribution in [3.8, 4) is 0 Å². The molecule has 0 bridgehead atoms. The Bertz CT molecular complexity index is 385. The summed E-state index contributed by atoms with van der Waals surface area (Å²) in [5.74, 6) is 0.666. The third kappa shape index (κ3) is 1.99. The van der Waals surface area contributed by atoms with Crippen molar-refractivity contribution in [3.63, 3.8) is 0 Å². The molecular weight excluding hydrogens is 180 g/mol. The van der Waals surface area contributed by atoms with Crippen LogP contribution in [0.2, 0.25) is 0 Å². The molecule has 0 saturated heterocycles. The van der Waals surface area contributed by atoms with Crippen LogP contribution in [0.15, 0.2) is 24.3 Å². The standard InChI is InChI=1S/C15H20/c1-4-6-13-7-5-8-14-10-11(2)9-12(3)15(13)14/h4,6,9-10,13H,5,7-8H2,1-3H3/b6-4+. The van der Waals surface area contributed by atoms with E-state index in [0.717, 1.165) is 0 Å². The second kappa shape index (κ2) is 4.22. The van der Waals surface area contributed by atoms with E-state index < -0.39 is 0 Å². The average molecular weight is 200 g/mol. The van der Waals surface area contributed by atoms with Crippen LogP contribution in [-0.4, -0.2) is 0 Å². The first-order valence-electron chi connectivity index (χ1n) is 5.95. The molecule has 0 spiro atoms. The molecule has 0 aliphatic heterocycles. The van der Waals surface area contributed by atoms with Gasteiger partial charge in [-0.25, -0.2) is 0 Å². The fourth-order valence-corrected chi connectivity index (χ4v) is 2.89. The van der Waals surface area contributed by atoms with Crippen LogP contribution in [0.25, 0.3) is 0 Å². The van der Waals surface area contributed by atoms with Crippen LogP contribution >= 0.6 is 0 Å². The summed E-state index contributed by atoms with van der Waals surface area (Å²) in [7, 11) is 0. The van der Waals surface area contributed by atoms with Gasteiger partial charge in [-0.05, 0) is 56.7 Å². The molecule has 0 aromatic heterocycles. The predicted octanol–water partition coefficient (Wildman–Crippen LogP) is 4.30. The van der Waals surface area contributed by atoms with E-state index >= 15 is 0 Å². The molecule has 1 aliphatic rings. The quantitative estimate of drug-likeness (QED) is 0.593. The van der Waals surface area contributed by atoms with Gasteiger partial charge in [0.05, 0.1) is 0 Å². The summed E-state index contributed by atoms with van der Waals surface area (Å²) in [6, 6.07) is 4.69. The van der Waals surface area contributed by atoms with Crippen LogP contribution in [0, 0.1) is 13.8 Å². The molecule has 1 aliphatic carbocycles. The fraction of sp³-hybridized carbons (Fsp3) is 0.467. The molecule has 0 heterocycles. The minimum Gasteiger partial charge on any atom is -0.0910 e. The predicted molar refractivity (Wildman–Crippen MR) is 66.4 cm³/mol. The number of rotatable bonds is 1. The number of hydrogen-bond donors (Lipinski definition) is 0. The summed E-state index contributed by atoms with van der Waals surface area (Å²) < 4.78 is 0. The van der Waals surface area contributed by atoms with Crippen molar-refractivity contribution in [3.05, 3.63) is 46.5 Å². The third-order valence-electron chi connectivity index (χ3n) is 3.37. The molecule has 2 rings (SSSR count). The molecule has 80 valence electrons. The van der Waals surface area contributed by atoms with Gasteiger partial charge in [-0.1, -0.05) is 29.8 Å². The maximum absolute atomic E-state index is 2.37. The molecule has 1 atom stereocenters. The van der Waals surface area contributed by atoms with Crippen molar-refractivity contribution >= 4 is 0 Å². The van der Waals surface area contributed by atoms with Gasteiger partial charge < -0.3 is 0 Å². The third-order valence-corrected chi connectivity index (χ3v) is 3.37. The highest BCUT2D eigenvalue weighted by molar-refractivity contribution is 5.43. The van der Waals surface area contributed by atoms with Crippen LogP contribution in [0.1, 0.15) is 47.9 Å². The van der Waals surface area contributed by atoms with Gasteiger partial charge in [0.2, 0.25) is 0 Å². The summed E-state index contributed by atoms with van der Waals surface area (Å²) in [6.45, 7) is 6.58. The summed E-state index contributed by atoms with van der Waals surface area (Å²) in [6.07, 6.45) is 8.48. The molecular formula is C15H20. The Hall–Kier alpha value is -1.04. The maximum Gasteiger partial charge on any atom is 0.00233 e. The van der Waals surface area contributed by atoms with Gasteiger partial charge in [0, 0.05) is 5.92 Å². The first-order chi connectivity index (χ1) is 7.22. The van der Waals surface area contributed by atoms with Gasteiger partial charge in [-0.15, -0.1) is 0 Å². The van der Waals surface area contributed by atoms with Crippen molar-refractivity contribution in [2.24, 2.45) is 0 Å². The second-order valence-corrected chi connectivity index (χ2v) is 4.68. The SMILES string of the molecule is C/C=C/C1CCCc2cc(C)cc(C)c21. The van der Waals surface area contributed by atoms with E-state index in [1.807, 2.05) is 0 Å². The minimum absolute atomic E-state index is 0.666. The summed E-state index contributed by atoms with van der Waals surface area (Å²) in [4.78, 5) is 0. The molecule has 1 unspecified atom stereocenters. The molecule has 0 heteroatoms. The topological polar surface area (TPSA) is 0 Å². The Balaban J connectivity index is 2.50. The van der Waals surface area contributed by atoms with E-state index in [0.29, 0.717) is 5.92 Å². The van der Waals surface area contributed by atoms with E-state index in [1.165, 1.54) is 30.4 Å². The molecule has 15 heavy (non-hydrogen) atoms. The van der Waals surface area contributed by atoms with Gasteiger partial charge in [0.1, 0.15) is 0 Å². The Morgan fingerprint density at radius 3 is 2.80 bits per heavy atom. The van der Waals surface area contributed by atoms with Crippen LogP contribution < -0.4 is 0 Å². The summed E-state index contributed by atoms with van der Waals surface area (Å²) >= 11 is 0. The van der Waals surface area contributed by atoms with Gasteiger partial charge in [-0.3, -0.25) is 0 Å². The molecule has 1 aromatic rings. The van der Waals surface area contributed by atoms with E-state index in [9.17, 15) is 0 Å². The fourth-order valence-electron chi connectivity index (χ4n) is 2.89. The molecule has 1 aromatic carbocycles. The van der Waals surface area contributed by atoms with Crippen molar-refractivity contribution in [1.82, 2.24) is 0 Å². The maximum atomic E-state index is 2.37. The lowest BCUT2D eigenvalue weighted by molar-refractivity contribution is 0.624. The molecule has 0 radical (unpaired) electrons. The van der Waals surface area contributed by atoms with Crippen molar-refractivity contribution < 1.29 is 0 Å². The largest absolute Gasteiger partial charge is 0.0910 e. The van der Waals surface area contributed by atoms with E-state index in [2.05, 4.69) is 45.1 Å². The molecule has 0 N–H and O–H groups in total. The zero-order valence-electron chi connectivity index (χ0n) is 10.0. The highest BCUT2D eigenvalue weighted by Gasteiger charge is 2.19. The zero-order valence-corrected chi connectivity index (χ0v) is 10.0. The summed E-state index contributed by atoms with van der Waals surface area (Å²) in [5.41, 5.74) is 6.08. The molecule has 0 saturated carbocycles. The average Bonchev–Trinajstić information content (AvgIpc) is 2.17. The number of hydrogen-bond acceptors (Lipinski definition) is 0. The number of benzene rings is 1. The zero-order chi connectivity index (χ0) is 10.8. The first-order valence-corrected chi connectivity index (χ1v) is 5.95. The van der Waals surface area contributed by atoms with Crippen molar-refractivity contribution in [1.29, 1.82) is 0 Å². The minimum atomic E-state index is 0.666. The molecule has 0 fully saturated rings. The Morgan fingerprint density at radius 2 is 2.07 bits per heavy atom. The Kier molecular flexibility index (Phi) is 2.95. The second-order valence-electron chi connectivity index (χ2n) is 4.68. The van der Waals surface area contributed by atoms with Crippen molar-refractivity contribution in [2.45, 2.75) is 46.0 Å². The number of allylic oxidation sites excluding steroid dienone is 2. The molecule has 0 amide bonds. The van der Waals surface area contributed by atoms with E-state index in [-0.39, 0.29) is 0 Å². The van der Waals surface area contributed by atoms with Crippen LogP contribution in [0.3, 0.4) is 0 Å². The van der Waals surface area contributed by atoms with E-state index in [4.69, 9.17) is 0 Å². The van der Waals surface area contributed by atoms with Crippen LogP contribution in [0.4, 0.5) is 0 Å². The Morgan fingerprint density at radius 1 is 1.27 bits per heavy atom. The highest BCUT2D eigenvalue weighted by atomic mass is 14.2. The van der Waals surface area contributed by atoms with Gasteiger partial charge in [0.15, 0.2) is 0 Å². The normalized spacial score (nSPS) is 20.6. The number of fused-ring (bicyclic) bond motifs is 1. The summed E-state index contributed by atoms with van der Waals surface area (Å²) in [5, 5.41) is 0. The van der Waals surface area contributed by atoms with Gasteiger partial charge in [0.25, 0.3) is 0 Å². The first kappa shape index (κ1) is 10.5. The van der Waals surface area contributed by atoms with Crippen LogP contribution in [0.5, 0.6) is 0 Å². The van der Waals surface area contributed by atoms with Gasteiger partial charge in [-0.2, -0.15) is 0 Å². The van der Waals surface area contributed by atoms with Crippen LogP contribution in [-0.2, 0) is 6.42 Å². The smallest absolute Gasteiger partial charge is 0.00233 e. The lowest BCUT2D eigenvalue weighted by Crippen LogP contribution is -2.10. The Labute approximate surface area is 93.0 Å². The lowest BCUT2D eigenvalue weighted by Gasteiger charge is -2.25. The van der Waals surface area contributed by atoms with Gasteiger partial charge >= 0.3 is 0 Å².